The molecule has 1 aliphatic rings. The van der Waals surface area contributed by atoms with Crippen LogP contribution in [0, 0.1) is 12.8 Å². The first-order chi connectivity index (χ1) is 16.0. The highest BCUT2D eigenvalue weighted by atomic mass is 16.3. The molecular weight excluding hydrogens is 416 g/mol. The molecule has 0 radical (unpaired) electrons. The first-order valence-corrected chi connectivity index (χ1v) is 11.4. The molecule has 1 aliphatic heterocycles. The van der Waals surface area contributed by atoms with Crippen molar-refractivity contribution in [2.75, 3.05) is 31.1 Å². The number of carbonyl (C=O) groups excluding carboxylic acids is 1. The Labute approximate surface area is 192 Å². The second-order valence-electron chi connectivity index (χ2n) is 8.85. The summed E-state index contributed by atoms with van der Waals surface area (Å²) in [5, 5.41) is 5.79. The van der Waals surface area contributed by atoms with Crippen LogP contribution in [0.1, 0.15) is 35.9 Å². The van der Waals surface area contributed by atoms with E-state index in [0.717, 1.165) is 40.5 Å². The van der Waals surface area contributed by atoms with Crippen LogP contribution in [0.25, 0.3) is 16.7 Å². The van der Waals surface area contributed by atoms with E-state index in [2.05, 4.69) is 18.7 Å². The van der Waals surface area contributed by atoms with Gasteiger partial charge in [0.1, 0.15) is 11.6 Å². The SMILES string of the molecule is Cc1nn(-c2ccccc2)c2nc(CC(C)C)nc(N3CCN(C(=O)c4ccco4)CC3)c12. The minimum Gasteiger partial charge on any atom is -0.459 e. The van der Waals surface area contributed by atoms with E-state index in [1.165, 1.54) is 6.26 Å². The standard InChI is InChI=1S/C25H28N6O2/c1-17(2)16-21-26-23(29-11-13-30(14-12-29)25(32)20-10-7-15-33-20)22-18(3)28-31(24(22)27-21)19-8-5-4-6-9-19/h4-10,15,17H,11-14,16H2,1-3H3. The van der Waals surface area contributed by atoms with Crippen LogP contribution in [-0.4, -0.2) is 56.7 Å². The Bertz CT molecular complexity index is 1260. The zero-order valence-electron chi connectivity index (χ0n) is 19.2. The largest absolute Gasteiger partial charge is 0.459 e. The fourth-order valence-corrected chi connectivity index (χ4v) is 4.32. The van der Waals surface area contributed by atoms with Crippen LogP contribution < -0.4 is 4.90 Å². The van der Waals surface area contributed by atoms with E-state index in [4.69, 9.17) is 19.5 Å². The van der Waals surface area contributed by atoms with Gasteiger partial charge >= 0.3 is 0 Å². The Morgan fingerprint density at radius 1 is 1.03 bits per heavy atom. The lowest BCUT2D eigenvalue weighted by Crippen LogP contribution is -2.49. The van der Waals surface area contributed by atoms with Crippen LogP contribution in [0.4, 0.5) is 5.82 Å². The van der Waals surface area contributed by atoms with Crippen molar-refractivity contribution in [2.24, 2.45) is 5.92 Å². The topological polar surface area (TPSA) is 80.3 Å². The van der Waals surface area contributed by atoms with Gasteiger partial charge in [0, 0.05) is 32.6 Å². The summed E-state index contributed by atoms with van der Waals surface area (Å²) in [5.74, 6) is 2.47. The molecule has 0 saturated carbocycles. The number of anilines is 1. The number of para-hydroxylation sites is 1. The summed E-state index contributed by atoms with van der Waals surface area (Å²) in [5.41, 5.74) is 2.70. The molecule has 4 heterocycles. The van der Waals surface area contributed by atoms with Gasteiger partial charge in [-0.25, -0.2) is 14.6 Å². The molecule has 33 heavy (non-hydrogen) atoms. The minimum atomic E-state index is -0.0685. The molecular formula is C25H28N6O2. The molecule has 8 heteroatoms. The van der Waals surface area contributed by atoms with Gasteiger partial charge in [-0.05, 0) is 37.1 Å². The molecule has 5 rings (SSSR count). The zero-order valence-corrected chi connectivity index (χ0v) is 19.2. The Hall–Kier alpha value is -3.68. The molecule has 0 bridgehead atoms. The van der Waals surface area contributed by atoms with Gasteiger partial charge in [0.15, 0.2) is 11.4 Å². The number of rotatable bonds is 5. The van der Waals surface area contributed by atoms with Crippen LogP contribution in [0.15, 0.2) is 53.1 Å². The lowest BCUT2D eigenvalue weighted by Gasteiger charge is -2.35. The summed E-state index contributed by atoms with van der Waals surface area (Å²) in [6.07, 6.45) is 2.32. The van der Waals surface area contributed by atoms with Gasteiger partial charge in [0.2, 0.25) is 0 Å². The van der Waals surface area contributed by atoms with Crippen molar-refractivity contribution < 1.29 is 9.21 Å². The summed E-state index contributed by atoms with van der Waals surface area (Å²) in [6, 6.07) is 13.5. The molecule has 1 aromatic carbocycles. The Morgan fingerprint density at radius 2 is 1.79 bits per heavy atom. The third-order valence-electron chi connectivity index (χ3n) is 5.92. The molecule has 0 aliphatic carbocycles. The quantitative estimate of drug-likeness (QED) is 0.465. The van der Waals surface area contributed by atoms with Crippen LogP contribution in [0.3, 0.4) is 0 Å². The number of aryl methyl sites for hydroxylation is 1. The molecule has 170 valence electrons. The van der Waals surface area contributed by atoms with Gasteiger partial charge < -0.3 is 14.2 Å². The third-order valence-corrected chi connectivity index (χ3v) is 5.92. The monoisotopic (exact) mass is 444 g/mol. The molecule has 1 fully saturated rings. The zero-order chi connectivity index (χ0) is 22.9. The normalized spacial score (nSPS) is 14.4. The summed E-state index contributed by atoms with van der Waals surface area (Å²) >= 11 is 0. The van der Waals surface area contributed by atoms with Crippen LogP contribution in [0.5, 0.6) is 0 Å². The number of aromatic nitrogens is 4. The van der Waals surface area contributed by atoms with Crippen molar-refractivity contribution in [3.63, 3.8) is 0 Å². The number of fused-ring (bicyclic) bond motifs is 1. The summed E-state index contributed by atoms with van der Waals surface area (Å²) < 4.78 is 7.21. The Kier molecular flexibility index (Phi) is 5.58. The number of hydrogen-bond acceptors (Lipinski definition) is 6. The molecule has 0 unspecified atom stereocenters. The van der Waals surface area contributed by atoms with Crippen molar-refractivity contribution in [1.82, 2.24) is 24.6 Å². The highest BCUT2D eigenvalue weighted by molar-refractivity contribution is 5.92. The van der Waals surface area contributed by atoms with Gasteiger partial charge in [-0.15, -0.1) is 0 Å². The summed E-state index contributed by atoms with van der Waals surface area (Å²) in [6.45, 7) is 8.95. The van der Waals surface area contributed by atoms with E-state index < -0.39 is 0 Å². The number of furan rings is 1. The Balaban J connectivity index is 1.51. The molecule has 1 amide bonds. The van der Waals surface area contributed by atoms with Crippen molar-refractivity contribution in [3.05, 3.63) is 66.0 Å². The molecule has 4 aromatic rings. The van der Waals surface area contributed by atoms with Gasteiger partial charge in [-0.1, -0.05) is 32.0 Å². The smallest absolute Gasteiger partial charge is 0.289 e. The lowest BCUT2D eigenvalue weighted by molar-refractivity contribution is 0.0714. The van der Waals surface area contributed by atoms with Crippen molar-refractivity contribution in [2.45, 2.75) is 27.2 Å². The number of piperazine rings is 1. The predicted octanol–water partition coefficient (Wildman–Crippen LogP) is 3.88. The van der Waals surface area contributed by atoms with Crippen LogP contribution >= 0.6 is 0 Å². The van der Waals surface area contributed by atoms with Crippen LogP contribution in [-0.2, 0) is 6.42 Å². The van der Waals surface area contributed by atoms with Gasteiger partial charge in [0.05, 0.1) is 23.0 Å². The maximum absolute atomic E-state index is 12.7. The van der Waals surface area contributed by atoms with E-state index in [1.54, 1.807) is 12.1 Å². The molecule has 3 aromatic heterocycles. The fourth-order valence-electron chi connectivity index (χ4n) is 4.32. The average Bonchev–Trinajstić information content (AvgIpc) is 3.47. The number of benzene rings is 1. The lowest BCUT2D eigenvalue weighted by atomic mass is 10.1. The van der Waals surface area contributed by atoms with Gasteiger partial charge in [-0.2, -0.15) is 5.10 Å². The van der Waals surface area contributed by atoms with Crippen molar-refractivity contribution in [3.8, 4) is 5.69 Å². The molecule has 0 N–H and O–H groups in total. The predicted molar refractivity (Wildman–Crippen MR) is 127 cm³/mol. The third kappa shape index (κ3) is 4.08. The van der Waals surface area contributed by atoms with E-state index in [1.807, 2.05) is 46.8 Å². The second-order valence-corrected chi connectivity index (χ2v) is 8.85. The molecule has 0 spiro atoms. The number of hydrogen-bond donors (Lipinski definition) is 0. The maximum Gasteiger partial charge on any atom is 0.289 e. The maximum atomic E-state index is 12.7. The minimum absolute atomic E-state index is 0.0685. The molecule has 1 saturated heterocycles. The van der Waals surface area contributed by atoms with E-state index in [9.17, 15) is 4.79 Å². The molecule has 8 nitrogen and oxygen atoms in total. The Morgan fingerprint density at radius 3 is 2.45 bits per heavy atom. The van der Waals surface area contributed by atoms with Crippen molar-refractivity contribution in [1.29, 1.82) is 0 Å². The van der Waals surface area contributed by atoms with Gasteiger partial charge in [-0.3, -0.25) is 4.79 Å². The number of amides is 1. The summed E-state index contributed by atoms with van der Waals surface area (Å²) in [4.78, 5) is 26.7. The fraction of sp³-hybridized carbons (Fsp3) is 0.360. The van der Waals surface area contributed by atoms with Crippen LogP contribution in [0.2, 0.25) is 0 Å². The number of nitrogens with zero attached hydrogens (tertiary/aromatic N) is 6. The second kappa shape index (κ2) is 8.69. The van der Waals surface area contributed by atoms with E-state index >= 15 is 0 Å². The first-order valence-electron chi connectivity index (χ1n) is 11.4. The number of carbonyl (C=O) groups is 1. The van der Waals surface area contributed by atoms with Crippen molar-refractivity contribution >= 4 is 22.8 Å². The van der Waals surface area contributed by atoms with E-state index in [0.29, 0.717) is 37.9 Å². The van der Waals surface area contributed by atoms with Gasteiger partial charge in [0.25, 0.3) is 5.91 Å². The highest BCUT2D eigenvalue weighted by Crippen LogP contribution is 2.30. The first kappa shape index (κ1) is 21.2. The highest BCUT2D eigenvalue weighted by Gasteiger charge is 2.27. The molecule has 0 atom stereocenters. The van der Waals surface area contributed by atoms with E-state index in [-0.39, 0.29) is 5.91 Å². The average molecular weight is 445 g/mol. The summed E-state index contributed by atoms with van der Waals surface area (Å²) in [7, 11) is 0.